The molecule has 0 fully saturated rings. The van der Waals surface area contributed by atoms with E-state index in [-0.39, 0.29) is 17.1 Å². The Bertz CT molecular complexity index is 160. The van der Waals surface area contributed by atoms with E-state index in [0.717, 1.165) is 0 Å². The van der Waals surface area contributed by atoms with Gasteiger partial charge in [-0.15, -0.1) is 0 Å². The lowest BCUT2D eigenvalue weighted by Crippen LogP contribution is -2.57. The summed E-state index contributed by atoms with van der Waals surface area (Å²) in [7, 11) is 0. The standard InChI is InChI=1S/C9H20N2O/c1-8(2,3)11(7(10)12)9(4,5)6/h1-6H3,(H2,10,12). The molecule has 0 saturated heterocycles. The third-order valence-corrected chi connectivity index (χ3v) is 1.56. The molecule has 0 atom stereocenters. The molecule has 0 aliphatic carbocycles. The summed E-state index contributed by atoms with van der Waals surface area (Å²) < 4.78 is 0. The summed E-state index contributed by atoms with van der Waals surface area (Å²) >= 11 is 0. The second kappa shape index (κ2) is 2.96. The Morgan fingerprint density at radius 1 is 1.00 bits per heavy atom. The summed E-state index contributed by atoms with van der Waals surface area (Å²) in [5.41, 5.74) is 4.86. The molecule has 0 unspecified atom stereocenters. The van der Waals surface area contributed by atoms with Gasteiger partial charge in [-0.2, -0.15) is 0 Å². The monoisotopic (exact) mass is 172 g/mol. The summed E-state index contributed by atoms with van der Waals surface area (Å²) in [5.74, 6) is 0. The zero-order valence-electron chi connectivity index (χ0n) is 8.93. The predicted octanol–water partition coefficient (Wildman–Crippen LogP) is 1.96. The molecule has 0 spiro atoms. The van der Waals surface area contributed by atoms with Crippen molar-refractivity contribution in [3.63, 3.8) is 0 Å². The Morgan fingerprint density at radius 3 is 1.25 bits per heavy atom. The molecule has 0 aromatic heterocycles. The highest BCUT2D eigenvalue weighted by Gasteiger charge is 2.33. The number of rotatable bonds is 0. The lowest BCUT2D eigenvalue weighted by atomic mass is 9.97. The van der Waals surface area contributed by atoms with Gasteiger partial charge in [0.2, 0.25) is 0 Å². The number of primary amides is 1. The van der Waals surface area contributed by atoms with Crippen LogP contribution in [0, 0.1) is 0 Å². The fourth-order valence-corrected chi connectivity index (χ4v) is 1.67. The molecule has 0 aromatic carbocycles. The third-order valence-electron chi connectivity index (χ3n) is 1.56. The molecule has 0 radical (unpaired) electrons. The molecule has 3 nitrogen and oxygen atoms in total. The number of carbonyl (C=O) groups is 1. The van der Waals surface area contributed by atoms with Gasteiger partial charge in [-0.25, -0.2) is 4.79 Å². The van der Waals surface area contributed by atoms with E-state index in [4.69, 9.17) is 5.73 Å². The largest absolute Gasteiger partial charge is 0.351 e. The number of urea groups is 1. The number of nitrogens with two attached hydrogens (primary N) is 1. The van der Waals surface area contributed by atoms with Gasteiger partial charge in [0.05, 0.1) is 0 Å². The maximum atomic E-state index is 11.1. The van der Waals surface area contributed by atoms with Crippen molar-refractivity contribution in [1.82, 2.24) is 4.90 Å². The molecule has 0 aliphatic rings. The van der Waals surface area contributed by atoms with Crippen LogP contribution in [0.5, 0.6) is 0 Å². The molecule has 2 N–H and O–H groups in total. The van der Waals surface area contributed by atoms with Crippen LogP contribution >= 0.6 is 0 Å². The van der Waals surface area contributed by atoms with Gasteiger partial charge in [0, 0.05) is 11.1 Å². The topological polar surface area (TPSA) is 46.3 Å². The minimum absolute atomic E-state index is 0.218. The first kappa shape index (κ1) is 11.3. The lowest BCUT2D eigenvalue weighted by Gasteiger charge is -2.44. The smallest absolute Gasteiger partial charge is 0.315 e. The minimum Gasteiger partial charge on any atom is -0.351 e. The number of nitrogens with zero attached hydrogens (tertiary/aromatic N) is 1. The Balaban J connectivity index is 4.82. The van der Waals surface area contributed by atoms with Gasteiger partial charge in [0.1, 0.15) is 0 Å². The molecule has 12 heavy (non-hydrogen) atoms. The van der Waals surface area contributed by atoms with Crippen molar-refractivity contribution in [2.45, 2.75) is 52.6 Å². The van der Waals surface area contributed by atoms with E-state index >= 15 is 0 Å². The van der Waals surface area contributed by atoms with Crippen LogP contribution in [0.4, 0.5) is 4.79 Å². The van der Waals surface area contributed by atoms with Gasteiger partial charge in [0.25, 0.3) is 0 Å². The molecule has 0 rings (SSSR count). The van der Waals surface area contributed by atoms with Gasteiger partial charge >= 0.3 is 6.03 Å². The second-order valence-corrected chi connectivity index (χ2v) is 5.02. The Hall–Kier alpha value is -0.730. The molecule has 0 aromatic rings. The van der Waals surface area contributed by atoms with Gasteiger partial charge in [0.15, 0.2) is 0 Å². The molecule has 72 valence electrons. The van der Waals surface area contributed by atoms with Crippen molar-refractivity contribution >= 4 is 6.03 Å². The molecule has 0 aliphatic heterocycles. The average molecular weight is 172 g/mol. The number of hydrogen-bond acceptors (Lipinski definition) is 1. The van der Waals surface area contributed by atoms with Crippen molar-refractivity contribution < 1.29 is 4.79 Å². The van der Waals surface area contributed by atoms with Gasteiger partial charge in [-0.3, -0.25) is 0 Å². The molecule has 0 saturated carbocycles. The zero-order chi connectivity index (χ0) is 10.2. The van der Waals surface area contributed by atoms with Crippen LogP contribution in [0.2, 0.25) is 0 Å². The first-order chi connectivity index (χ1) is 5.07. The molecule has 2 amide bonds. The van der Waals surface area contributed by atoms with Crippen molar-refractivity contribution in [3.8, 4) is 0 Å². The predicted molar refractivity (Wildman–Crippen MR) is 50.9 cm³/mol. The number of carbonyl (C=O) groups excluding carboxylic acids is 1. The van der Waals surface area contributed by atoms with Crippen LogP contribution in [-0.2, 0) is 0 Å². The molecule has 0 bridgehead atoms. The highest BCUT2D eigenvalue weighted by Crippen LogP contribution is 2.23. The number of hydrogen-bond donors (Lipinski definition) is 1. The maximum Gasteiger partial charge on any atom is 0.315 e. The van der Waals surface area contributed by atoms with Crippen LogP contribution < -0.4 is 5.73 Å². The minimum atomic E-state index is -0.366. The number of amides is 2. The van der Waals surface area contributed by atoms with Gasteiger partial charge in [-0.1, -0.05) is 0 Å². The quantitative estimate of drug-likeness (QED) is 0.596. The average Bonchev–Trinajstić information content (AvgIpc) is 1.49. The Morgan fingerprint density at radius 2 is 1.25 bits per heavy atom. The summed E-state index contributed by atoms with van der Waals surface area (Å²) in [6.45, 7) is 11.9. The highest BCUT2D eigenvalue weighted by atomic mass is 16.2. The van der Waals surface area contributed by atoms with Crippen LogP contribution in [0.15, 0.2) is 0 Å². The maximum absolute atomic E-state index is 11.1. The van der Waals surface area contributed by atoms with Crippen molar-refractivity contribution in [2.75, 3.05) is 0 Å². The first-order valence-corrected chi connectivity index (χ1v) is 4.16. The summed E-state index contributed by atoms with van der Waals surface area (Å²) in [5, 5.41) is 0. The van der Waals surface area contributed by atoms with Gasteiger partial charge < -0.3 is 10.6 Å². The van der Waals surface area contributed by atoms with E-state index in [1.165, 1.54) is 0 Å². The molecular formula is C9H20N2O. The van der Waals surface area contributed by atoms with E-state index in [1.807, 2.05) is 41.5 Å². The van der Waals surface area contributed by atoms with Crippen LogP contribution in [0.25, 0.3) is 0 Å². The summed E-state index contributed by atoms with van der Waals surface area (Å²) in [6, 6.07) is -0.366. The van der Waals surface area contributed by atoms with E-state index in [9.17, 15) is 4.79 Å². The summed E-state index contributed by atoms with van der Waals surface area (Å²) in [6.07, 6.45) is 0. The van der Waals surface area contributed by atoms with E-state index in [1.54, 1.807) is 4.90 Å². The van der Waals surface area contributed by atoms with E-state index in [2.05, 4.69) is 0 Å². The molecule has 3 heteroatoms. The van der Waals surface area contributed by atoms with Crippen molar-refractivity contribution in [3.05, 3.63) is 0 Å². The SMILES string of the molecule is CC(C)(C)N(C(N)=O)C(C)(C)C. The zero-order valence-corrected chi connectivity index (χ0v) is 8.93. The van der Waals surface area contributed by atoms with Crippen LogP contribution in [0.3, 0.4) is 0 Å². The van der Waals surface area contributed by atoms with Crippen molar-refractivity contribution in [1.29, 1.82) is 0 Å². The Kier molecular flexibility index (Phi) is 2.78. The highest BCUT2D eigenvalue weighted by molar-refractivity contribution is 5.73. The van der Waals surface area contributed by atoms with Crippen molar-refractivity contribution in [2.24, 2.45) is 5.73 Å². The lowest BCUT2D eigenvalue weighted by molar-refractivity contribution is 0.0799. The Labute approximate surface area is 74.9 Å². The van der Waals surface area contributed by atoms with E-state index < -0.39 is 0 Å². The van der Waals surface area contributed by atoms with Crippen LogP contribution in [0.1, 0.15) is 41.5 Å². The fraction of sp³-hybridized carbons (Fsp3) is 0.889. The second-order valence-electron chi connectivity index (χ2n) is 5.02. The van der Waals surface area contributed by atoms with Gasteiger partial charge in [-0.05, 0) is 41.5 Å². The third kappa shape index (κ3) is 2.72. The van der Waals surface area contributed by atoms with E-state index in [0.29, 0.717) is 0 Å². The normalized spacial score (nSPS) is 12.8. The summed E-state index contributed by atoms with van der Waals surface area (Å²) in [4.78, 5) is 12.8. The molecule has 0 heterocycles. The molecular weight excluding hydrogens is 152 g/mol. The fourth-order valence-electron chi connectivity index (χ4n) is 1.67. The first-order valence-electron chi connectivity index (χ1n) is 4.16. The van der Waals surface area contributed by atoms with Crippen LogP contribution in [-0.4, -0.2) is 22.0 Å².